The third kappa shape index (κ3) is 4.22. The third-order valence-corrected chi connectivity index (χ3v) is 0.771. The van der Waals surface area contributed by atoms with Crippen LogP contribution < -0.4 is 5.32 Å². The second-order valence-corrected chi connectivity index (χ2v) is 1.77. The van der Waals surface area contributed by atoms with Crippen LogP contribution >= 0.6 is 0 Å². The molecule has 0 aliphatic heterocycles. The fraction of sp³-hybridized carbons (Fsp3) is 0.800. The Hall–Kier alpha value is 0.0544. The topological polar surface area (TPSA) is 29.1 Å². The van der Waals surface area contributed by atoms with Gasteiger partial charge in [-0.05, 0) is 0 Å². The molecule has 3 heteroatoms. The predicted molar refractivity (Wildman–Crippen MR) is 28.9 cm³/mol. The first-order valence-corrected chi connectivity index (χ1v) is 2.40. The molecule has 0 spiro atoms. The van der Waals surface area contributed by atoms with Crippen LogP contribution in [0.1, 0.15) is 13.8 Å². The van der Waals surface area contributed by atoms with Crippen molar-refractivity contribution in [1.82, 2.24) is 5.32 Å². The Balaban J connectivity index is 0. The Morgan fingerprint density at radius 1 is 1.50 bits per heavy atom. The molecule has 0 saturated carbocycles. The molecule has 1 radical (unpaired) electrons. The van der Waals surface area contributed by atoms with Crippen molar-refractivity contribution in [2.24, 2.45) is 5.92 Å². The molecule has 0 atom stereocenters. The molecule has 47 valence electrons. The largest absolute Gasteiger partial charge is 0.359 e. The van der Waals surface area contributed by atoms with Crippen LogP contribution in [0.5, 0.6) is 0 Å². The van der Waals surface area contributed by atoms with Crippen molar-refractivity contribution in [2.75, 3.05) is 7.05 Å². The number of hydrogen-bond acceptors (Lipinski definition) is 1. The zero-order chi connectivity index (χ0) is 5.86. The van der Waals surface area contributed by atoms with Gasteiger partial charge >= 0.3 is 0 Å². The Labute approximate surface area is 61.9 Å². The van der Waals surface area contributed by atoms with Gasteiger partial charge in [0.15, 0.2) is 0 Å². The fourth-order valence-corrected chi connectivity index (χ4v) is 0.289. The summed E-state index contributed by atoms with van der Waals surface area (Å²) >= 11 is 0. The molecular formula is C5H11NOV. The van der Waals surface area contributed by atoms with Crippen molar-refractivity contribution in [2.45, 2.75) is 13.8 Å². The molecule has 0 aliphatic carbocycles. The summed E-state index contributed by atoms with van der Waals surface area (Å²) in [6.07, 6.45) is 0. The molecule has 0 unspecified atom stereocenters. The monoisotopic (exact) mass is 152 g/mol. The van der Waals surface area contributed by atoms with Gasteiger partial charge in [0.1, 0.15) is 0 Å². The van der Waals surface area contributed by atoms with Crippen molar-refractivity contribution in [3.8, 4) is 0 Å². The minimum Gasteiger partial charge on any atom is -0.359 e. The van der Waals surface area contributed by atoms with Gasteiger partial charge in [-0.1, -0.05) is 13.8 Å². The Bertz CT molecular complexity index is 72.8. The molecule has 0 fully saturated rings. The maximum atomic E-state index is 10.4. The number of hydrogen-bond donors (Lipinski definition) is 1. The van der Waals surface area contributed by atoms with Crippen LogP contribution in [0.15, 0.2) is 0 Å². The van der Waals surface area contributed by atoms with E-state index in [1.165, 1.54) is 0 Å². The van der Waals surface area contributed by atoms with Gasteiger partial charge in [0, 0.05) is 31.5 Å². The minimum atomic E-state index is 0. The van der Waals surface area contributed by atoms with Crippen molar-refractivity contribution >= 4 is 5.91 Å². The molecule has 0 aromatic rings. The van der Waals surface area contributed by atoms with Gasteiger partial charge in [-0.3, -0.25) is 4.79 Å². The maximum absolute atomic E-state index is 10.4. The zero-order valence-electron chi connectivity index (χ0n) is 5.43. The normalized spacial score (nSPS) is 8.00. The van der Waals surface area contributed by atoms with Gasteiger partial charge in [-0.2, -0.15) is 0 Å². The third-order valence-electron chi connectivity index (χ3n) is 0.771. The van der Waals surface area contributed by atoms with Crippen LogP contribution in [-0.4, -0.2) is 13.0 Å². The summed E-state index contributed by atoms with van der Waals surface area (Å²) in [5, 5.41) is 2.53. The van der Waals surface area contributed by atoms with Crippen LogP contribution in [0.2, 0.25) is 0 Å². The number of carbonyl (C=O) groups is 1. The van der Waals surface area contributed by atoms with E-state index < -0.39 is 0 Å². The number of rotatable bonds is 1. The Kier molecular flexibility index (Phi) is 7.10. The van der Waals surface area contributed by atoms with Crippen LogP contribution in [0.4, 0.5) is 0 Å². The smallest absolute Gasteiger partial charge is 0.222 e. The zero-order valence-corrected chi connectivity index (χ0v) is 6.83. The summed E-state index contributed by atoms with van der Waals surface area (Å²) in [7, 11) is 1.64. The van der Waals surface area contributed by atoms with Crippen LogP contribution in [0.25, 0.3) is 0 Å². The molecular weight excluding hydrogens is 141 g/mol. The molecule has 1 amide bonds. The molecule has 0 bridgehead atoms. The van der Waals surface area contributed by atoms with Crippen LogP contribution in [0.3, 0.4) is 0 Å². The molecule has 8 heavy (non-hydrogen) atoms. The first-order chi connectivity index (χ1) is 3.18. The van der Waals surface area contributed by atoms with Gasteiger partial charge in [-0.25, -0.2) is 0 Å². The Morgan fingerprint density at radius 3 is 1.88 bits per heavy atom. The molecule has 1 N–H and O–H groups in total. The van der Waals surface area contributed by atoms with Gasteiger partial charge in [-0.15, -0.1) is 0 Å². The standard InChI is InChI=1S/C5H11NO.V/c1-4(2)5(7)6-3;/h4H,1-3H3,(H,6,7);. The number of amides is 1. The number of nitrogens with one attached hydrogen (secondary N) is 1. The van der Waals surface area contributed by atoms with E-state index in [1.54, 1.807) is 7.05 Å². The first kappa shape index (κ1) is 10.9. The van der Waals surface area contributed by atoms with Crippen molar-refractivity contribution in [3.05, 3.63) is 0 Å². The second-order valence-electron chi connectivity index (χ2n) is 1.77. The van der Waals surface area contributed by atoms with Crippen LogP contribution in [0, 0.1) is 5.92 Å². The van der Waals surface area contributed by atoms with E-state index in [-0.39, 0.29) is 30.4 Å². The summed E-state index contributed by atoms with van der Waals surface area (Å²) < 4.78 is 0. The number of carbonyl (C=O) groups excluding carboxylic acids is 1. The quantitative estimate of drug-likeness (QED) is 0.578. The molecule has 0 rings (SSSR count). The second kappa shape index (κ2) is 5.20. The van der Waals surface area contributed by atoms with Gasteiger partial charge in [0.2, 0.25) is 5.91 Å². The summed E-state index contributed by atoms with van der Waals surface area (Å²) in [5.41, 5.74) is 0. The van der Waals surface area contributed by atoms with Crippen molar-refractivity contribution < 1.29 is 23.4 Å². The predicted octanol–water partition coefficient (Wildman–Crippen LogP) is 0.386. The van der Waals surface area contributed by atoms with Crippen molar-refractivity contribution in [3.63, 3.8) is 0 Å². The Morgan fingerprint density at radius 2 is 1.88 bits per heavy atom. The summed E-state index contributed by atoms with van der Waals surface area (Å²) in [6, 6.07) is 0. The van der Waals surface area contributed by atoms with Gasteiger partial charge in [0.25, 0.3) is 0 Å². The summed E-state index contributed by atoms with van der Waals surface area (Å²) in [4.78, 5) is 10.4. The van der Waals surface area contributed by atoms with E-state index in [0.29, 0.717) is 0 Å². The van der Waals surface area contributed by atoms with E-state index in [2.05, 4.69) is 5.32 Å². The SMILES string of the molecule is CNC(=O)C(C)C.[V]. The average molecular weight is 152 g/mol. The van der Waals surface area contributed by atoms with Gasteiger partial charge in [0.05, 0.1) is 0 Å². The molecule has 2 nitrogen and oxygen atoms in total. The molecule has 0 heterocycles. The van der Waals surface area contributed by atoms with E-state index in [4.69, 9.17) is 0 Å². The minimum absolute atomic E-state index is 0. The van der Waals surface area contributed by atoms with Gasteiger partial charge < -0.3 is 5.32 Å². The summed E-state index contributed by atoms with van der Waals surface area (Å²) in [6.45, 7) is 3.72. The maximum Gasteiger partial charge on any atom is 0.222 e. The molecule has 0 saturated heterocycles. The molecule has 0 aromatic heterocycles. The fourth-order valence-electron chi connectivity index (χ4n) is 0.289. The summed E-state index contributed by atoms with van der Waals surface area (Å²) in [5.74, 6) is 0.213. The first-order valence-electron chi connectivity index (χ1n) is 2.40. The van der Waals surface area contributed by atoms with E-state index in [1.807, 2.05) is 13.8 Å². The molecule has 0 aliphatic rings. The van der Waals surface area contributed by atoms with E-state index in [9.17, 15) is 4.79 Å². The molecule has 0 aromatic carbocycles. The van der Waals surface area contributed by atoms with E-state index >= 15 is 0 Å². The van der Waals surface area contributed by atoms with Crippen molar-refractivity contribution in [1.29, 1.82) is 0 Å². The average Bonchev–Trinajstić information content (AvgIpc) is 1.65. The van der Waals surface area contributed by atoms with Crippen LogP contribution in [-0.2, 0) is 23.4 Å². The van der Waals surface area contributed by atoms with E-state index in [0.717, 1.165) is 0 Å².